The Morgan fingerprint density at radius 3 is 2.88 bits per heavy atom. The first kappa shape index (κ1) is 21.3. The van der Waals surface area contributed by atoms with Crippen molar-refractivity contribution in [2.75, 3.05) is 12.4 Å². The molecule has 172 valence electrons. The van der Waals surface area contributed by atoms with Crippen LogP contribution in [0.4, 0.5) is 13.6 Å². The molecule has 3 aliphatic heterocycles. The topological polar surface area (TPSA) is 114 Å². The molecule has 0 aliphatic carbocycles. The lowest BCUT2D eigenvalue weighted by molar-refractivity contribution is -0.0602. The van der Waals surface area contributed by atoms with Crippen LogP contribution in [0, 0.1) is 11.6 Å². The van der Waals surface area contributed by atoms with Crippen molar-refractivity contribution in [3.8, 4) is 0 Å². The van der Waals surface area contributed by atoms with Crippen LogP contribution in [0.5, 0.6) is 0 Å². The maximum atomic E-state index is 14.3. The lowest BCUT2D eigenvalue weighted by Gasteiger charge is -2.40. The highest BCUT2D eigenvalue weighted by Crippen LogP contribution is 2.36. The third-order valence-corrected chi connectivity index (χ3v) is 8.02. The van der Waals surface area contributed by atoms with E-state index in [1.807, 2.05) is 0 Å². The van der Waals surface area contributed by atoms with Crippen molar-refractivity contribution in [1.82, 2.24) is 19.4 Å². The zero-order valence-electron chi connectivity index (χ0n) is 17.0. The molecule has 1 aromatic heterocycles. The number of aromatic nitrogens is 2. The Bertz CT molecular complexity index is 1180. The van der Waals surface area contributed by atoms with E-state index in [4.69, 9.17) is 4.74 Å². The fraction of sp³-hybridized carbons (Fsp3) is 0.500. The third kappa shape index (κ3) is 3.65. The largest absolute Gasteiger partial charge is 0.465 e. The van der Waals surface area contributed by atoms with E-state index in [9.17, 15) is 27.1 Å². The highest BCUT2D eigenvalue weighted by molar-refractivity contribution is 7.89. The summed E-state index contributed by atoms with van der Waals surface area (Å²) in [5, 5.41) is 16.0. The van der Waals surface area contributed by atoms with Crippen LogP contribution in [0.2, 0.25) is 0 Å². The van der Waals surface area contributed by atoms with Crippen molar-refractivity contribution in [2.45, 2.75) is 50.5 Å². The summed E-state index contributed by atoms with van der Waals surface area (Å²) in [7, 11) is -3.41. The van der Waals surface area contributed by atoms with Crippen molar-refractivity contribution in [3.05, 3.63) is 52.3 Å². The normalized spacial score (nSPS) is 27.0. The second kappa shape index (κ2) is 7.78. The van der Waals surface area contributed by atoms with Crippen LogP contribution in [-0.2, 0) is 34.3 Å². The van der Waals surface area contributed by atoms with E-state index in [0.29, 0.717) is 43.7 Å². The van der Waals surface area contributed by atoms with E-state index in [1.165, 1.54) is 0 Å². The number of amides is 1. The van der Waals surface area contributed by atoms with Crippen LogP contribution >= 0.6 is 0 Å². The molecule has 3 aliphatic rings. The van der Waals surface area contributed by atoms with Crippen LogP contribution in [0.25, 0.3) is 0 Å². The van der Waals surface area contributed by atoms with Gasteiger partial charge in [-0.1, -0.05) is 0 Å². The summed E-state index contributed by atoms with van der Waals surface area (Å²) in [5.41, 5.74) is 2.28. The molecule has 1 saturated heterocycles. The first-order valence-electron chi connectivity index (χ1n) is 10.4. The van der Waals surface area contributed by atoms with E-state index >= 15 is 0 Å². The number of hydrogen-bond donors (Lipinski definition) is 2. The number of ether oxygens (including phenoxy) is 1. The number of carbonyl (C=O) groups is 1. The second-order valence-electron chi connectivity index (χ2n) is 8.40. The molecule has 0 bridgehead atoms. The summed E-state index contributed by atoms with van der Waals surface area (Å²) in [6, 6.07) is 2.03. The van der Waals surface area contributed by atoms with E-state index in [2.05, 4.69) is 15.3 Å². The number of nitrogens with zero attached hydrogens (tertiary/aromatic N) is 3. The van der Waals surface area contributed by atoms with Crippen LogP contribution in [0.1, 0.15) is 41.5 Å². The first-order chi connectivity index (χ1) is 15.2. The Hall–Kier alpha value is -2.57. The molecular formula is C20H22F2N4O5S. The van der Waals surface area contributed by atoms with Crippen LogP contribution < -0.4 is 5.32 Å². The van der Waals surface area contributed by atoms with E-state index in [0.717, 1.165) is 27.8 Å². The minimum atomic E-state index is -3.41. The van der Waals surface area contributed by atoms with Gasteiger partial charge in [0, 0.05) is 30.3 Å². The smallest absolute Gasteiger partial charge is 0.404 e. The first-order valence-corrected chi connectivity index (χ1v) is 12.0. The number of carboxylic acid groups (broad SMARTS) is 1. The van der Waals surface area contributed by atoms with Crippen molar-refractivity contribution >= 4 is 16.1 Å². The van der Waals surface area contributed by atoms with Crippen LogP contribution in [-0.4, -0.2) is 58.1 Å². The summed E-state index contributed by atoms with van der Waals surface area (Å²) >= 11 is 0. The molecule has 1 fully saturated rings. The molecule has 1 aromatic carbocycles. The van der Waals surface area contributed by atoms with Gasteiger partial charge < -0.3 is 15.2 Å². The molecule has 0 radical (unpaired) electrons. The predicted octanol–water partition coefficient (Wildman–Crippen LogP) is 1.77. The average Bonchev–Trinajstić information content (AvgIpc) is 3.29. The van der Waals surface area contributed by atoms with Crippen molar-refractivity contribution in [1.29, 1.82) is 0 Å². The number of hydrogen-bond acceptors (Lipinski definition) is 6. The standard InChI is InChI=1S/C20H22F2N4O5S/c21-11-3-4-15(22)13(6-11)19-16(23-20(27)28)7-12(10-31-19)25-8-14-17(9-25)24-26-18(14)2-1-5-32(26,29)30/h3-4,6,12,16,19,23H,1-2,5,7-10H2,(H,27,28)/t12-,16+,19-/m1/s1. The lowest BCUT2D eigenvalue weighted by Crippen LogP contribution is -2.51. The van der Waals surface area contributed by atoms with Gasteiger partial charge in [0.15, 0.2) is 0 Å². The van der Waals surface area contributed by atoms with Gasteiger partial charge in [0.05, 0.1) is 29.8 Å². The van der Waals surface area contributed by atoms with Gasteiger partial charge in [-0.15, -0.1) is 0 Å². The molecule has 3 atom stereocenters. The maximum absolute atomic E-state index is 14.3. The van der Waals surface area contributed by atoms with Crippen LogP contribution in [0.15, 0.2) is 18.2 Å². The van der Waals surface area contributed by atoms with Crippen LogP contribution in [0.3, 0.4) is 0 Å². The summed E-state index contributed by atoms with van der Waals surface area (Å²) in [5.74, 6) is -1.21. The molecule has 2 aromatic rings. The van der Waals surface area contributed by atoms with Crippen molar-refractivity contribution < 1.29 is 31.8 Å². The monoisotopic (exact) mass is 468 g/mol. The fourth-order valence-corrected chi connectivity index (χ4v) is 6.36. The molecule has 5 rings (SSSR count). The average molecular weight is 468 g/mol. The number of benzene rings is 1. The molecule has 0 unspecified atom stereocenters. The zero-order chi connectivity index (χ0) is 22.6. The van der Waals surface area contributed by atoms with Gasteiger partial charge in [-0.05, 0) is 37.5 Å². The summed E-state index contributed by atoms with van der Waals surface area (Å²) in [6.45, 7) is 1.08. The van der Waals surface area contributed by atoms with Gasteiger partial charge in [-0.3, -0.25) is 4.90 Å². The molecule has 0 spiro atoms. The molecule has 1 amide bonds. The van der Waals surface area contributed by atoms with Crippen molar-refractivity contribution in [3.63, 3.8) is 0 Å². The van der Waals surface area contributed by atoms with Crippen molar-refractivity contribution in [2.24, 2.45) is 0 Å². The van der Waals surface area contributed by atoms with Gasteiger partial charge in [-0.2, -0.15) is 9.19 Å². The van der Waals surface area contributed by atoms with E-state index in [-0.39, 0.29) is 24.0 Å². The molecule has 4 heterocycles. The predicted molar refractivity (Wildman–Crippen MR) is 107 cm³/mol. The Labute approximate surface area is 183 Å². The summed E-state index contributed by atoms with van der Waals surface area (Å²) in [6.07, 6.45) is -0.723. The second-order valence-corrected chi connectivity index (χ2v) is 10.3. The summed E-state index contributed by atoms with van der Waals surface area (Å²) in [4.78, 5) is 13.4. The van der Waals surface area contributed by atoms with E-state index in [1.54, 1.807) is 0 Å². The third-order valence-electron chi connectivity index (χ3n) is 6.38. The highest BCUT2D eigenvalue weighted by atomic mass is 32.2. The number of fused-ring (bicyclic) bond motifs is 3. The number of nitrogens with one attached hydrogen (secondary N) is 1. The zero-order valence-corrected chi connectivity index (χ0v) is 17.8. The SMILES string of the molecule is O=C(O)N[C@H]1C[C@@H](N2Cc3nn4c(c3C2)CCCS4(=O)=O)CO[C@@H]1c1cc(F)ccc1F. The molecular weight excluding hydrogens is 446 g/mol. The minimum absolute atomic E-state index is 0.0298. The highest BCUT2D eigenvalue weighted by Gasteiger charge is 2.41. The maximum Gasteiger partial charge on any atom is 0.404 e. The Morgan fingerprint density at radius 1 is 1.28 bits per heavy atom. The molecule has 2 N–H and O–H groups in total. The Morgan fingerprint density at radius 2 is 2.09 bits per heavy atom. The van der Waals surface area contributed by atoms with Gasteiger partial charge in [-0.25, -0.2) is 22.0 Å². The minimum Gasteiger partial charge on any atom is -0.465 e. The van der Waals surface area contributed by atoms with Gasteiger partial charge in [0.1, 0.15) is 17.7 Å². The quantitative estimate of drug-likeness (QED) is 0.706. The fourth-order valence-electron chi connectivity index (χ4n) is 4.92. The Balaban J connectivity index is 1.36. The lowest BCUT2D eigenvalue weighted by atomic mass is 9.92. The summed E-state index contributed by atoms with van der Waals surface area (Å²) < 4.78 is 59.6. The van der Waals surface area contributed by atoms with Gasteiger partial charge in [0.25, 0.3) is 10.0 Å². The van der Waals surface area contributed by atoms with Gasteiger partial charge in [0.2, 0.25) is 0 Å². The Kier molecular flexibility index (Phi) is 5.18. The van der Waals surface area contributed by atoms with E-state index < -0.39 is 39.9 Å². The molecule has 32 heavy (non-hydrogen) atoms. The number of rotatable bonds is 3. The molecule has 12 heteroatoms. The number of halogens is 2. The van der Waals surface area contributed by atoms with Gasteiger partial charge >= 0.3 is 6.09 Å². The molecule has 9 nitrogen and oxygen atoms in total. The molecule has 0 saturated carbocycles.